The third-order valence-corrected chi connectivity index (χ3v) is 4.93. The number of nitrogens with zero attached hydrogens (tertiary/aromatic N) is 2. The van der Waals surface area contributed by atoms with Crippen molar-refractivity contribution in [3.05, 3.63) is 34.9 Å². The first-order valence-electron chi connectivity index (χ1n) is 9.54. The summed E-state index contributed by atoms with van der Waals surface area (Å²) >= 11 is 0. The van der Waals surface area contributed by atoms with E-state index in [9.17, 15) is 26.7 Å². The van der Waals surface area contributed by atoms with Crippen LogP contribution in [0, 0.1) is 24.5 Å². The van der Waals surface area contributed by atoms with E-state index in [-0.39, 0.29) is 23.4 Å². The molecule has 1 aliphatic heterocycles. The maximum Gasteiger partial charge on any atom is 0.490 e. The van der Waals surface area contributed by atoms with Crippen LogP contribution in [0.2, 0.25) is 0 Å². The number of aryl methyl sites for hydroxylation is 1. The van der Waals surface area contributed by atoms with Crippen molar-refractivity contribution >= 4 is 11.9 Å². The topological polar surface area (TPSA) is 70.1 Å². The van der Waals surface area contributed by atoms with E-state index in [0.29, 0.717) is 25.3 Å². The number of amides is 1. The Bertz CT molecular complexity index is 771. The van der Waals surface area contributed by atoms with Gasteiger partial charge in [0.15, 0.2) is 11.6 Å². The highest BCUT2D eigenvalue weighted by Gasteiger charge is 2.38. The summed E-state index contributed by atoms with van der Waals surface area (Å²) in [6, 6.07) is 2.05. The molecule has 1 heterocycles. The largest absolute Gasteiger partial charge is 0.490 e. The van der Waals surface area contributed by atoms with Gasteiger partial charge in [-0.2, -0.15) is 13.2 Å². The Balaban J connectivity index is 0.000000592. The summed E-state index contributed by atoms with van der Waals surface area (Å²) in [5, 5.41) is 7.12. The maximum absolute atomic E-state index is 13.6. The van der Waals surface area contributed by atoms with E-state index in [1.165, 1.54) is 0 Å². The van der Waals surface area contributed by atoms with Crippen molar-refractivity contribution in [1.29, 1.82) is 0 Å². The molecule has 0 radical (unpaired) electrons. The molecule has 31 heavy (non-hydrogen) atoms. The molecule has 6 nitrogen and oxygen atoms in total. The molecule has 11 heteroatoms. The molecular weight excluding hydrogens is 427 g/mol. The monoisotopic (exact) mass is 454 g/mol. The highest BCUT2D eigenvalue weighted by molar-refractivity contribution is 5.96. The van der Waals surface area contributed by atoms with E-state index in [4.69, 9.17) is 14.6 Å². The minimum atomic E-state index is -5.08. The maximum atomic E-state index is 13.6. The number of aliphatic carboxylic acids is 1. The number of ether oxygens (including phenoxy) is 1. The predicted octanol–water partition coefficient (Wildman–Crippen LogP) is 3.34. The van der Waals surface area contributed by atoms with E-state index in [2.05, 4.69) is 4.90 Å². The van der Waals surface area contributed by atoms with Gasteiger partial charge in [-0.05, 0) is 58.6 Å². The van der Waals surface area contributed by atoms with E-state index >= 15 is 0 Å². The number of carbonyl (C=O) groups excluding carboxylic acids is 1. The van der Waals surface area contributed by atoms with Gasteiger partial charge < -0.3 is 19.6 Å². The third-order valence-electron chi connectivity index (χ3n) is 4.93. The lowest BCUT2D eigenvalue weighted by Gasteiger charge is -2.32. The van der Waals surface area contributed by atoms with Gasteiger partial charge in [-0.15, -0.1) is 0 Å². The van der Waals surface area contributed by atoms with Crippen LogP contribution in [0.4, 0.5) is 22.0 Å². The lowest BCUT2D eigenvalue weighted by molar-refractivity contribution is -0.192. The number of carbonyl (C=O) groups is 2. The molecule has 0 aromatic heterocycles. The summed E-state index contributed by atoms with van der Waals surface area (Å²) in [5.41, 5.74) is 0.662. The minimum Gasteiger partial charge on any atom is -0.475 e. The molecule has 1 aromatic rings. The fourth-order valence-corrected chi connectivity index (χ4v) is 3.06. The molecule has 0 bridgehead atoms. The van der Waals surface area contributed by atoms with Crippen LogP contribution in [0.5, 0.6) is 0 Å². The van der Waals surface area contributed by atoms with Crippen molar-refractivity contribution in [1.82, 2.24) is 9.80 Å². The van der Waals surface area contributed by atoms with Crippen LogP contribution in [-0.2, 0) is 9.53 Å². The van der Waals surface area contributed by atoms with Gasteiger partial charge in [-0.25, -0.2) is 13.6 Å². The lowest BCUT2D eigenvalue weighted by Crippen LogP contribution is -2.44. The lowest BCUT2D eigenvalue weighted by atomic mass is 9.96. The van der Waals surface area contributed by atoms with Gasteiger partial charge in [-0.3, -0.25) is 4.79 Å². The zero-order chi connectivity index (χ0) is 23.9. The zero-order valence-electron chi connectivity index (χ0n) is 17.8. The second kappa shape index (κ2) is 11.4. The zero-order valence-corrected chi connectivity index (χ0v) is 17.8. The van der Waals surface area contributed by atoms with Crippen LogP contribution in [0.3, 0.4) is 0 Å². The fraction of sp³-hybridized carbons (Fsp3) is 0.600. The summed E-state index contributed by atoms with van der Waals surface area (Å²) in [6.07, 6.45) is -4.17. The normalized spacial score (nSPS) is 19.5. The number of hydrogen-bond acceptors (Lipinski definition) is 4. The van der Waals surface area contributed by atoms with Crippen LogP contribution in [0.1, 0.15) is 29.3 Å². The number of hydrogen-bond donors (Lipinski definition) is 1. The molecule has 0 spiro atoms. The second-order valence-electron chi connectivity index (χ2n) is 7.55. The summed E-state index contributed by atoms with van der Waals surface area (Å²) in [5.74, 6) is -4.73. The van der Waals surface area contributed by atoms with E-state index in [1.807, 2.05) is 21.0 Å². The van der Waals surface area contributed by atoms with Crippen LogP contribution in [-0.4, -0.2) is 79.4 Å². The van der Waals surface area contributed by atoms with E-state index in [0.717, 1.165) is 25.1 Å². The Labute approximate surface area is 177 Å². The molecular formula is C20H27F5N2O4. The molecule has 1 fully saturated rings. The Hall–Kier alpha value is -2.27. The van der Waals surface area contributed by atoms with Gasteiger partial charge in [0.1, 0.15) is 0 Å². The SMILES string of the molecule is Cc1cc(F)c(F)cc1C(=O)N1CCOC[C@@H](CCN(C)C)[C@@H]1C.O=C(O)C(F)(F)F. The molecule has 1 N–H and O–H groups in total. The van der Waals surface area contributed by atoms with Crippen molar-refractivity contribution in [3.8, 4) is 0 Å². The Morgan fingerprint density at radius 2 is 1.77 bits per heavy atom. The number of benzene rings is 1. The van der Waals surface area contributed by atoms with Gasteiger partial charge in [0, 0.05) is 24.1 Å². The van der Waals surface area contributed by atoms with E-state index in [1.54, 1.807) is 11.8 Å². The average Bonchev–Trinajstić information content (AvgIpc) is 2.83. The van der Waals surface area contributed by atoms with Crippen molar-refractivity contribution in [2.24, 2.45) is 5.92 Å². The van der Waals surface area contributed by atoms with Crippen molar-refractivity contribution in [3.63, 3.8) is 0 Å². The van der Waals surface area contributed by atoms with Crippen LogP contribution in [0.25, 0.3) is 0 Å². The van der Waals surface area contributed by atoms with Gasteiger partial charge >= 0.3 is 12.1 Å². The predicted molar refractivity (Wildman–Crippen MR) is 103 cm³/mol. The van der Waals surface area contributed by atoms with Gasteiger partial charge in [0.2, 0.25) is 0 Å². The van der Waals surface area contributed by atoms with Crippen molar-refractivity contribution < 1.29 is 41.4 Å². The Morgan fingerprint density at radius 1 is 1.23 bits per heavy atom. The van der Waals surface area contributed by atoms with Gasteiger partial charge in [0.25, 0.3) is 5.91 Å². The fourth-order valence-electron chi connectivity index (χ4n) is 3.06. The second-order valence-corrected chi connectivity index (χ2v) is 7.55. The Morgan fingerprint density at radius 3 is 2.29 bits per heavy atom. The standard InChI is InChI=1S/C18H26F2N2O2.C2HF3O2/c1-12-9-16(19)17(20)10-15(12)18(23)22-7-8-24-11-14(13(22)2)5-6-21(3)4;3-2(4,5)1(6)7/h9-10,13-14H,5-8,11H2,1-4H3;(H,6,7)/t13-,14+;/m0./s1. The summed E-state index contributed by atoms with van der Waals surface area (Å²) in [4.78, 5) is 25.6. The highest BCUT2D eigenvalue weighted by atomic mass is 19.4. The van der Waals surface area contributed by atoms with Gasteiger partial charge in [0.05, 0.1) is 13.2 Å². The summed E-state index contributed by atoms with van der Waals surface area (Å²) in [7, 11) is 4.02. The molecule has 1 aromatic carbocycles. The van der Waals surface area contributed by atoms with E-state index < -0.39 is 23.8 Å². The molecule has 1 amide bonds. The Kier molecular flexibility index (Phi) is 9.82. The van der Waals surface area contributed by atoms with Crippen molar-refractivity contribution in [2.45, 2.75) is 32.5 Å². The summed E-state index contributed by atoms with van der Waals surface area (Å²) in [6.45, 7) is 6.05. The molecule has 0 aliphatic carbocycles. The number of rotatable bonds is 4. The van der Waals surface area contributed by atoms with Crippen LogP contribution in [0.15, 0.2) is 12.1 Å². The quantitative estimate of drug-likeness (QED) is 0.707. The number of alkyl halides is 3. The minimum absolute atomic E-state index is 0.0209. The third kappa shape index (κ3) is 8.06. The molecule has 0 unspecified atom stereocenters. The number of carboxylic acid groups (broad SMARTS) is 1. The first-order chi connectivity index (χ1) is 14.3. The van der Waals surface area contributed by atoms with Crippen LogP contribution >= 0.6 is 0 Å². The number of halogens is 5. The molecule has 1 saturated heterocycles. The molecule has 2 rings (SSSR count). The average molecular weight is 454 g/mol. The molecule has 0 saturated carbocycles. The van der Waals surface area contributed by atoms with Gasteiger partial charge in [-0.1, -0.05) is 0 Å². The van der Waals surface area contributed by atoms with Crippen LogP contribution < -0.4 is 0 Å². The smallest absolute Gasteiger partial charge is 0.475 e. The first kappa shape index (κ1) is 26.8. The molecule has 1 aliphatic rings. The summed E-state index contributed by atoms with van der Waals surface area (Å²) < 4.78 is 64.3. The molecule has 2 atom stereocenters. The number of carboxylic acids is 1. The van der Waals surface area contributed by atoms with Crippen molar-refractivity contribution in [2.75, 3.05) is 40.4 Å². The molecule has 176 valence electrons. The highest BCUT2D eigenvalue weighted by Crippen LogP contribution is 2.23. The first-order valence-corrected chi connectivity index (χ1v) is 9.54.